The van der Waals surface area contributed by atoms with E-state index in [4.69, 9.17) is 19.2 Å². The van der Waals surface area contributed by atoms with Crippen molar-refractivity contribution in [2.45, 2.75) is 0 Å². The lowest BCUT2D eigenvalue weighted by Gasteiger charge is -2.01. The molecule has 0 aliphatic heterocycles. The molecular weight excluding hydrogens is 212 g/mol. The van der Waals surface area contributed by atoms with E-state index in [0.29, 0.717) is 11.1 Å². The second kappa shape index (κ2) is 4.35. The van der Waals surface area contributed by atoms with Crippen LogP contribution in [0.1, 0.15) is 11.1 Å². The first-order valence-corrected chi connectivity index (χ1v) is 4.36. The SMILES string of the molecule is ON=C(C(=NO)c1ccoc1)c1ccoc1. The van der Waals surface area contributed by atoms with Gasteiger partial charge in [-0.3, -0.25) is 0 Å². The highest BCUT2D eigenvalue weighted by molar-refractivity contribution is 6.53. The van der Waals surface area contributed by atoms with Gasteiger partial charge in [0.25, 0.3) is 0 Å². The van der Waals surface area contributed by atoms with Crippen molar-refractivity contribution < 1.29 is 19.2 Å². The van der Waals surface area contributed by atoms with E-state index in [-0.39, 0.29) is 11.4 Å². The molecular formula is C10H8N2O4. The van der Waals surface area contributed by atoms with Crippen molar-refractivity contribution in [3.63, 3.8) is 0 Å². The molecule has 0 saturated carbocycles. The van der Waals surface area contributed by atoms with Crippen molar-refractivity contribution in [2.75, 3.05) is 0 Å². The highest BCUT2D eigenvalue weighted by Crippen LogP contribution is 2.10. The summed E-state index contributed by atoms with van der Waals surface area (Å²) in [7, 11) is 0. The molecule has 0 bridgehead atoms. The minimum Gasteiger partial charge on any atom is -0.472 e. The van der Waals surface area contributed by atoms with Gasteiger partial charge in [-0.05, 0) is 12.1 Å². The van der Waals surface area contributed by atoms with Crippen LogP contribution in [-0.2, 0) is 0 Å². The molecule has 0 atom stereocenters. The Morgan fingerprint density at radius 2 is 1.31 bits per heavy atom. The normalized spacial score (nSPS) is 13.0. The molecule has 2 aromatic rings. The van der Waals surface area contributed by atoms with Crippen molar-refractivity contribution in [3.05, 3.63) is 48.3 Å². The third kappa shape index (κ3) is 1.68. The number of rotatable bonds is 3. The summed E-state index contributed by atoms with van der Waals surface area (Å²) in [6, 6.07) is 3.17. The number of nitrogens with zero attached hydrogens (tertiary/aromatic N) is 2. The van der Waals surface area contributed by atoms with Crippen LogP contribution in [0.5, 0.6) is 0 Å². The minimum absolute atomic E-state index is 0.0950. The van der Waals surface area contributed by atoms with Crippen LogP contribution in [0.25, 0.3) is 0 Å². The highest BCUT2D eigenvalue weighted by Gasteiger charge is 2.17. The van der Waals surface area contributed by atoms with Gasteiger partial charge in [-0.1, -0.05) is 10.3 Å². The summed E-state index contributed by atoms with van der Waals surface area (Å²) in [6.45, 7) is 0. The number of hydrogen-bond donors (Lipinski definition) is 2. The van der Waals surface area contributed by atoms with Crippen molar-refractivity contribution in [3.8, 4) is 0 Å². The molecule has 6 heteroatoms. The van der Waals surface area contributed by atoms with E-state index in [1.807, 2.05) is 0 Å². The fourth-order valence-corrected chi connectivity index (χ4v) is 1.28. The van der Waals surface area contributed by atoms with Gasteiger partial charge in [0.15, 0.2) is 0 Å². The summed E-state index contributed by atoms with van der Waals surface area (Å²) in [5.41, 5.74) is 1.18. The van der Waals surface area contributed by atoms with E-state index >= 15 is 0 Å². The van der Waals surface area contributed by atoms with Crippen LogP contribution in [0, 0.1) is 0 Å². The average molecular weight is 220 g/mol. The van der Waals surface area contributed by atoms with Gasteiger partial charge in [0.2, 0.25) is 0 Å². The fraction of sp³-hybridized carbons (Fsp3) is 0. The number of hydrogen-bond acceptors (Lipinski definition) is 6. The Balaban J connectivity index is 2.43. The monoisotopic (exact) mass is 220 g/mol. The van der Waals surface area contributed by atoms with Gasteiger partial charge in [0.1, 0.15) is 11.4 Å². The van der Waals surface area contributed by atoms with Crippen LogP contribution < -0.4 is 0 Å². The topological polar surface area (TPSA) is 91.5 Å². The molecule has 0 radical (unpaired) electrons. The van der Waals surface area contributed by atoms with E-state index in [1.54, 1.807) is 12.1 Å². The van der Waals surface area contributed by atoms with E-state index < -0.39 is 0 Å². The third-order valence-corrected chi connectivity index (χ3v) is 2.01. The second-order valence-corrected chi connectivity index (χ2v) is 2.92. The summed E-state index contributed by atoms with van der Waals surface area (Å²) in [5, 5.41) is 24.0. The lowest BCUT2D eigenvalue weighted by atomic mass is 10.1. The van der Waals surface area contributed by atoms with Gasteiger partial charge in [0.05, 0.1) is 25.1 Å². The summed E-state index contributed by atoms with van der Waals surface area (Å²) in [4.78, 5) is 0. The smallest absolute Gasteiger partial charge is 0.142 e. The van der Waals surface area contributed by atoms with Gasteiger partial charge in [-0.15, -0.1) is 0 Å². The fourth-order valence-electron chi connectivity index (χ4n) is 1.28. The zero-order valence-corrected chi connectivity index (χ0v) is 8.07. The zero-order chi connectivity index (χ0) is 11.4. The number of oxime groups is 2. The van der Waals surface area contributed by atoms with Crippen molar-refractivity contribution in [2.24, 2.45) is 10.3 Å². The molecule has 0 aromatic carbocycles. The lowest BCUT2D eigenvalue weighted by molar-refractivity contribution is 0.314. The molecule has 2 N–H and O–H groups in total. The van der Waals surface area contributed by atoms with Crippen LogP contribution in [0.3, 0.4) is 0 Å². The Morgan fingerprint density at radius 1 is 0.875 bits per heavy atom. The van der Waals surface area contributed by atoms with E-state index in [0.717, 1.165) is 0 Å². The molecule has 82 valence electrons. The minimum atomic E-state index is 0.0950. The van der Waals surface area contributed by atoms with Crippen LogP contribution in [0.15, 0.2) is 56.3 Å². The van der Waals surface area contributed by atoms with Crippen molar-refractivity contribution in [1.82, 2.24) is 0 Å². The first kappa shape index (κ1) is 10.0. The predicted octanol–water partition coefficient (Wildman–Crippen LogP) is 1.93. The van der Waals surface area contributed by atoms with Gasteiger partial charge in [-0.2, -0.15) is 0 Å². The maximum absolute atomic E-state index is 8.92. The highest BCUT2D eigenvalue weighted by atomic mass is 16.4. The summed E-state index contributed by atoms with van der Waals surface area (Å²) < 4.78 is 9.71. The molecule has 6 nitrogen and oxygen atoms in total. The van der Waals surface area contributed by atoms with E-state index in [2.05, 4.69) is 10.3 Å². The molecule has 16 heavy (non-hydrogen) atoms. The summed E-state index contributed by atoms with van der Waals surface area (Å²) >= 11 is 0. The molecule has 0 fully saturated rings. The Labute approximate surface area is 90.1 Å². The Bertz CT molecular complexity index is 449. The molecule has 0 amide bonds. The molecule has 0 aliphatic rings. The first-order valence-electron chi connectivity index (χ1n) is 4.36. The molecule has 2 heterocycles. The van der Waals surface area contributed by atoms with Crippen LogP contribution >= 0.6 is 0 Å². The lowest BCUT2D eigenvalue weighted by Crippen LogP contribution is -2.16. The maximum atomic E-state index is 8.92. The van der Waals surface area contributed by atoms with Crippen LogP contribution in [-0.4, -0.2) is 21.8 Å². The molecule has 0 spiro atoms. The largest absolute Gasteiger partial charge is 0.472 e. The number of furan rings is 2. The Hall–Kier alpha value is -2.50. The zero-order valence-electron chi connectivity index (χ0n) is 8.07. The van der Waals surface area contributed by atoms with Crippen molar-refractivity contribution in [1.29, 1.82) is 0 Å². The average Bonchev–Trinajstić information content (AvgIpc) is 2.97. The van der Waals surface area contributed by atoms with Gasteiger partial charge in [0, 0.05) is 11.1 Å². The molecule has 2 aromatic heterocycles. The standard InChI is InChI=1S/C10H8N2O4/c13-11-9(7-1-3-15-5-7)10(12-14)8-2-4-16-6-8/h1-6,13-14H. The molecule has 0 unspecified atom stereocenters. The summed E-state index contributed by atoms with van der Waals surface area (Å²) in [5.74, 6) is 0. The Morgan fingerprint density at radius 3 is 1.56 bits per heavy atom. The molecule has 2 rings (SSSR count). The summed E-state index contributed by atoms with van der Waals surface area (Å²) in [6.07, 6.45) is 5.59. The van der Waals surface area contributed by atoms with Crippen molar-refractivity contribution >= 4 is 11.4 Å². The second-order valence-electron chi connectivity index (χ2n) is 2.92. The van der Waals surface area contributed by atoms with E-state index in [1.165, 1.54) is 25.1 Å². The maximum Gasteiger partial charge on any atom is 0.142 e. The predicted molar refractivity (Wildman–Crippen MR) is 54.1 cm³/mol. The van der Waals surface area contributed by atoms with Crippen LogP contribution in [0.4, 0.5) is 0 Å². The van der Waals surface area contributed by atoms with Gasteiger partial charge < -0.3 is 19.2 Å². The van der Waals surface area contributed by atoms with Gasteiger partial charge >= 0.3 is 0 Å². The molecule has 0 saturated heterocycles. The van der Waals surface area contributed by atoms with E-state index in [9.17, 15) is 0 Å². The first-order chi connectivity index (χ1) is 7.86. The van der Waals surface area contributed by atoms with Crippen LogP contribution in [0.2, 0.25) is 0 Å². The molecule has 0 aliphatic carbocycles. The Kier molecular flexibility index (Phi) is 2.73. The third-order valence-electron chi connectivity index (χ3n) is 2.01. The van der Waals surface area contributed by atoms with Gasteiger partial charge in [-0.25, -0.2) is 0 Å². The quantitative estimate of drug-likeness (QED) is 0.469.